The van der Waals surface area contributed by atoms with Crippen molar-refractivity contribution in [2.75, 3.05) is 7.11 Å². The van der Waals surface area contributed by atoms with Gasteiger partial charge in [0.25, 0.3) is 5.56 Å². The molecule has 6 heteroatoms. The van der Waals surface area contributed by atoms with Crippen molar-refractivity contribution < 1.29 is 9.13 Å². The lowest BCUT2D eigenvalue weighted by Crippen LogP contribution is -2.17. The zero-order valence-corrected chi connectivity index (χ0v) is 9.74. The number of benzene rings is 1. The highest BCUT2D eigenvalue weighted by Crippen LogP contribution is 2.22. The molecular formula is C12H12FN3O2. The largest absolute Gasteiger partial charge is 0.494 e. The van der Waals surface area contributed by atoms with E-state index in [9.17, 15) is 9.18 Å². The van der Waals surface area contributed by atoms with Crippen molar-refractivity contribution in [1.82, 2.24) is 9.97 Å². The first kappa shape index (κ1) is 12.3. The zero-order chi connectivity index (χ0) is 13.1. The fourth-order valence-corrected chi connectivity index (χ4v) is 1.53. The van der Waals surface area contributed by atoms with E-state index in [1.54, 1.807) is 6.07 Å². The summed E-state index contributed by atoms with van der Waals surface area (Å²) >= 11 is 0. The summed E-state index contributed by atoms with van der Waals surface area (Å²) in [6, 6.07) is 4.34. The summed E-state index contributed by atoms with van der Waals surface area (Å²) < 4.78 is 18.3. The third kappa shape index (κ3) is 2.23. The number of nitrogens with zero attached hydrogens (tertiary/aromatic N) is 1. The number of nitrogens with one attached hydrogen (secondary N) is 1. The van der Waals surface area contributed by atoms with E-state index >= 15 is 0 Å². The van der Waals surface area contributed by atoms with Crippen molar-refractivity contribution in [3.8, 4) is 17.1 Å². The van der Waals surface area contributed by atoms with E-state index in [4.69, 9.17) is 10.5 Å². The third-order valence-corrected chi connectivity index (χ3v) is 2.52. The van der Waals surface area contributed by atoms with Crippen LogP contribution < -0.4 is 16.0 Å². The number of H-pyrrole nitrogens is 1. The highest BCUT2D eigenvalue weighted by Gasteiger charge is 2.08. The first-order valence-corrected chi connectivity index (χ1v) is 5.28. The van der Waals surface area contributed by atoms with E-state index < -0.39 is 5.82 Å². The van der Waals surface area contributed by atoms with Gasteiger partial charge in [-0.2, -0.15) is 0 Å². The molecule has 0 spiro atoms. The summed E-state index contributed by atoms with van der Waals surface area (Å²) in [5, 5.41) is 0. The van der Waals surface area contributed by atoms with Crippen LogP contribution in [-0.4, -0.2) is 17.1 Å². The van der Waals surface area contributed by atoms with Gasteiger partial charge in [-0.15, -0.1) is 0 Å². The second-order valence-corrected chi connectivity index (χ2v) is 3.64. The fraction of sp³-hybridized carbons (Fsp3) is 0.167. The first-order chi connectivity index (χ1) is 8.65. The number of ether oxygens (including phenoxy) is 1. The van der Waals surface area contributed by atoms with Crippen LogP contribution in [0.5, 0.6) is 5.75 Å². The SMILES string of the molecule is COc1ccc(-c2ncc(CN)c(=O)[nH]2)cc1F. The Kier molecular flexibility index (Phi) is 3.38. The van der Waals surface area contributed by atoms with Gasteiger partial charge in [-0.3, -0.25) is 4.79 Å². The Balaban J connectivity index is 2.46. The third-order valence-electron chi connectivity index (χ3n) is 2.52. The average Bonchev–Trinajstić information content (AvgIpc) is 2.38. The fourth-order valence-electron chi connectivity index (χ4n) is 1.53. The molecule has 5 nitrogen and oxygen atoms in total. The molecule has 2 rings (SSSR count). The van der Waals surface area contributed by atoms with Crippen LogP contribution in [0.1, 0.15) is 5.56 Å². The van der Waals surface area contributed by atoms with Crippen LogP contribution in [-0.2, 0) is 6.54 Å². The summed E-state index contributed by atoms with van der Waals surface area (Å²) in [5.41, 5.74) is 5.89. The minimum atomic E-state index is -0.513. The van der Waals surface area contributed by atoms with E-state index in [0.29, 0.717) is 17.0 Å². The number of hydrogen-bond donors (Lipinski definition) is 2. The maximum absolute atomic E-state index is 13.5. The number of aromatic nitrogens is 2. The number of aromatic amines is 1. The summed E-state index contributed by atoms with van der Waals surface area (Å²) in [7, 11) is 1.38. The lowest BCUT2D eigenvalue weighted by molar-refractivity contribution is 0.386. The number of nitrogens with two attached hydrogens (primary N) is 1. The van der Waals surface area contributed by atoms with Gasteiger partial charge in [-0.1, -0.05) is 0 Å². The van der Waals surface area contributed by atoms with Gasteiger partial charge in [-0.05, 0) is 18.2 Å². The van der Waals surface area contributed by atoms with E-state index in [-0.39, 0.29) is 17.9 Å². The highest BCUT2D eigenvalue weighted by atomic mass is 19.1. The van der Waals surface area contributed by atoms with Crippen LogP contribution in [0.15, 0.2) is 29.2 Å². The van der Waals surface area contributed by atoms with Crippen LogP contribution in [0.25, 0.3) is 11.4 Å². The second-order valence-electron chi connectivity index (χ2n) is 3.64. The van der Waals surface area contributed by atoms with Crippen LogP contribution in [0.4, 0.5) is 4.39 Å². The van der Waals surface area contributed by atoms with Gasteiger partial charge < -0.3 is 15.5 Å². The van der Waals surface area contributed by atoms with Crippen LogP contribution in [0.3, 0.4) is 0 Å². The molecule has 1 heterocycles. The zero-order valence-electron chi connectivity index (χ0n) is 9.74. The number of rotatable bonds is 3. The molecule has 18 heavy (non-hydrogen) atoms. The minimum absolute atomic E-state index is 0.111. The van der Waals surface area contributed by atoms with Gasteiger partial charge in [0.2, 0.25) is 0 Å². The maximum atomic E-state index is 13.5. The predicted octanol–water partition coefficient (Wildman–Crippen LogP) is 1.04. The Hall–Kier alpha value is -2.21. The maximum Gasteiger partial charge on any atom is 0.255 e. The van der Waals surface area contributed by atoms with Gasteiger partial charge in [0.05, 0.1) is 7.11 Å². The molecule has 0 aliphatic rings. The van der Waals surface area contributed by atoms with Crippen molar-refractivity contribution in [1.29, 1.82) is 0 Å². The summed E-state index contributed by atoms with van der Waals surface area (Å²) in [5.74, 6) is -0.0843. The number of methoxy groups -OCH3 is 1. The Bertz CT molecular complexity index is 625. The molecule has 0 aliphatic carbocycles. The van der Waals surface area contributed by atoms with Crippen molar-refractivity contribution >= 4 is 0 Å². The Labute approximate surface area is 102 Å². The van der Waals surface area contributed by atoms with Gasteiger partial charge in [0.15, 0.2) is 11.6 Å². The topological polar surface area (TPSA) is 81.0 Å². The van der Waals surface area contributed by atoms with E-state index in [1.807, 2.05) is 0 Å². The van der Waals surface area contributed by atoms with E-state index in [1.165, 1.54) is 25.4 Å². The molecule has 0 bridgehead atoms. The van der Waals surface area contributed by atoms with Crippen molar-refractivity contribution in [2.45, 2.75) is 6.54 Å². The van der Waals surface area contributed by atoms with E-state index in [0.717, 1.165) is 0 Å². The van der Waals surface area contributed by atoms with Crippen molar-refractivity contribution in [3.63, 3.8) is 0 Å². The first-order valence-electron chi connectivity index (χ1n) is 5.28. The molecule has 3 N–H and O–H groups in total. The monoisotopic (exact) mass is 249 g/mol. The molecule has 1 aromatic heterocycles. The molecular weight excluding hydrogens is 237 g/mol. The van der Waals surface area contributed by atoms with Gasteiger partial charge in [0.1, 0.15) is 5.82 Å². The van der Waals surface area contributed by atoms with Gasteiger partial charge in [-0.25, -0.2) is 9.37 Å². The van der Waals surface area contributed by atoms with Crippen molar-refractivity contribution in [3.05, 3.63) is 46.1 Å². The molecule has 0 saturated heterocycles. The molecule has 0 fully saturated rings. The lowest BCUT2D eigenvalue weighted by Gasteiger charge is -2.05. The molecule has 0 atom stereocenters. The molecule has 0 radical (unpaired) electrons. The van der Waals surface area contributed by atoms with E-state index in [2.05, 4.69) is 9.97 Å². The molecule has 0 unspecified atom stereocenters. The summed E-state index contributed by atoms with van der Waals surface area (Å²) in [6.45, 7) is 0.111. The summed E-state index contributed by atoms with van der Waals surface area (Å²) in [6.07, 6.45) is 1.39. The summed E-state index contributed by atoms with van der Waals surface area (Å²) in [4.78, 5) is 18.1. The van der Waals surface area contributed by atoms with Gasteiger partial charge >= 0.3 is 0 Å². The highest BCUT2D eigenvalue weighted by molar-refractivity contribution is 5.56. The van der Waals surface area contributed by atoms with Crippen LogP contribution in [0, 0.1) is 5.82 Å². The number of halogens is 1. The standard InChI is InChI=1S/C12H12FN3O2/c1-18-10-3-2-7(4-9(10)13)11-15-6-8(5-14)12(17)16-11/h2-4,6H,5,14H2,1H3,(H,15,16,17). The Morgan fingerprint density at radius 2 is 2.28 bits per heavy atom. The van der Waals surface area contributed by atoms with Crippen LogP contribution >= 0.6 is 0 Å². The molecule has 2 aromatic rings. The molecule has 1 aromatic carbocycles. The second kappa shape index (κ2) is 4.97. The van der Waals surface area contributed by atoms with Crippen molar-refractivity contribution in [2.24, 2.45) is 5.73 Å². The minimum Gasteiger partial charge on any atom is -0.494 e. The molecule has 0 saturated carbocycles. The number of hydrogen-bond acceptors (Lipinski definition) is 4. The van der Waals surface area contributed by atoms with Gasteiger partial charge in [0, 0.05) is 23.9 Å². The molecule has 0 aliphatic heterocycles. The normalized spacial score (nSPS) is 10.4. The Morgan fingerprint density at radius 3 is 2.83 bits per heavy atom. The average molecular weight is 249 g/mol. The smallest absolute Gasteiger partial charge is 0.255 e. The molecule has 94 valence electrons. The predicted molar refractivity (Wildman–Crippen MR) is 64.7 cm³/mol. The van der Waals surface area contributed by atoms with Crippen LogP contribution in [0.2, 0.25) is 0 Å². The Morgan fingerprint density at radius 1 is 1.50 bits per heavy atom. The lowest BCUT2D eigenvalue weighted by atomic mass is 10.2. The quantitative estimate of drug-likeness (QED) is 0.851. The molecule has 0 amide bonds.